The van der Waals surface area contributed by atoms with Crippen molar-refractivity contribution in [3.05, 3.63) is 36.5 Å². The van der Waals surface area contributed by atoms with E-state index in [1.165, 1.54) is 0 Å². The summed E-state index contributed by atoms with van der Waals surface area (Å²) < 4.78 is 0. The summed E-state index contributed by atoms with van der Waals surface area (Å²) in [7, 11) is 0. The van der Waals surface area contributed by atoms with Crippen molar-refractivity contribution < 1.29 is 0 Å². The van der Waals surface area contributed by atoms with Crippen molar-refractivity contribution in [2.24, 2.45) is 11.3 Å². The van der Waals surface area contributed by atoms with E-state index in [-0.39, 0.29) is 5.92 Å². The Hall–Kier alpha value is -1.29. The molecule has 0 N–H and O–H groups in total. The van der Waals surface area contributed by atoms with E-state index in [1.807, 2.05) is 39.8 Å². The lowest BCUT2D eigenvalue weighted by Gasteiger charge is -2.25. The van der Waals surface area contributed by atoms with Crippen LogP contribution in [0.5, 0.6) is 0 Å². The zero-order chi connectivity index (χ0) is 11.4. The summed E-state index contributed by atoms with van der Waals surface area (Å²) in [4.78, 5) is 0. The molecule has 1 unspecified atom stereocenters. The van der Waals surface area contributed by atoms with Crippen molar-refractivity contribution in [1.29, 1.82) is 5.26 Å². The van der Waals surface area contributed by atoms with Gasteiger partial charge in [-0.15, -0.1) is 0 Å². The van der Waals surface area contributed by atoms with Crippen LogP contribution in [0.25, 0.3) is 0 Å². The molecule has 14 heavy (non-hydrogen) atoms. The van der Waals surface area contributed by atoms with E-state index in [1.54, 1.807) is 0 Å². The van der Waals surface area contributed by atoms with Crippen LogP contribution in [-0.4, -0.2) is 0 Å². The van der Waals surface area contributed by atoms with Gasteiger partial charge in [0.1, 0.15) is 0 Å². The smallest absolute Gasteiger partial charge is 0.0693 e. The van der Waals surface area contributed by atoms with Gasteiger partial charge in [0.2, 0.25) is 0 Å². The minimum absolute atomic E-state index is 0.0872. The average Bonchev–Trinajstić information content (AvgIpc) is 2.03. The Morgan fingerprint density at radius 3 is 2.14 bits per heavy atom. The third-order valence-corrected chi connectivity index (χ3v) is 2.17. The number of hydrogen-bond acceptors (Lipinski definition) is 1. The van der Waals surface area contributed by atoms with E-state index in [2.05, 4.69) is 19.2 Å². The average molecular weight is 189 g/mol. The molecule has 0 saturated heterocycles. The standard InChI is InChI=1S/C13H19N/c1-10(2)7-8-12(11(3)4)13(5,6)9-14/h7-8,12H,1,3H2,2,4-6H3/b8-7+. The Bertz CT molecular complexity index is 300. The topological polar surface area (TPSA) is 23.8 Å². The van der Waals surface area contributed by atoms with Crippen LogP contribution in [0.1, 0.15) is 27.7 Å². The number of nitriles is 1. The number of hydrogen-bond donors (Lipinski definition) is 0. The van der Waals surface area contributed by atoms with Gasteiger partial charge in [-0.2, -0.15) is 5.26 Å². The van der Waals surface area contributed by atoms with Crippen LogP contribution >= 0.6 is 0 Å². The van der Waals surface area contributed by atoms with E-state index in [0.29, 0.717) is 0 Å². The van der Waals surface area contributed by atoms with Gasteiger partial charge in [0.05, 0.1) is 11.5 Å². The monoisotopic (exact) mass is 189 g/mol. The van der Waals surface area contributed by atoms with Crippen LogP contribution < -0.4 is 0 Å². The molecule has 1 atom stereocenters. The van der Waals surface area contributed by atoms with Crippen molar-refractivity contribution in [1.82, 2.24) is 0 Å². The zero-order valence-corrected chi connectivity index (χ0v) is 9.59. The van der Waals surface area contributed by atoms with Crippen LogP contribution in [0.3, 0.4) is 0 Å². The third-order valence-electron chi connectivity index (χ3n) is 2.17. The van der Waals surface area contributed by atoms with Crippen molar-refractivity contribution >= 4 is 0 Å². The van der Waals surface area contributed by atoms with Crippen LogP contribution in [0.4, 0.5) is 0 Å². The van der Waals surface area contributed by atoms with E-state index in [0.717, 1.165) is 11.1 Å². The largest absolute Gasteiger partial charge is 0.198 e. The molecule has 0 aromatic carbocycles. The molecule has 0 saturated carbocycles. The Labute approximate surface area is 87.4 Å². The Morgan fingerprint density at radius 2 is 1.86 bits per heavy atom. The lowest BCUT2D eigenvalue weighted by Crippen LogP contribution is -2.21. The van der Waals surface area contributed by atoms with Crippen LogP contribution in [0, 0.1) is 22.7 Å². The summed E-state index contributed by atoms with van der Waals surface area (Å²) in [6.45, 7) is 15.4. The minimum atomic E-state index is -0.405. The first kappa shape index (κ1) is 12.7. The van der Waals surface area contributed by atoms with Gasteiger partial charge in [-0.1, -0.05) is 36.5 Å². The van der Waals surface area contributed by atoms with Crippen molar-refractivity contribution in [2.75, 3.05) is 0 Å². The predicted octanol–water partition coefficient (Wildman–Crippen LogP) is 3.86. The molecule has 0 spiro atoms. The second kappa shape index (κ2) is 4.81. The number of nitrogens with zero attached hydrogens (tertiary/aromatic N) is 1. The van der Waals surface area contributed by atoms with Crippen molar-refractivity contribution in [3.63, 3.8) is 0 Å². The normalized spacial score (nSPS) is 13.6. The third kappa shape index (κ3) is 3.62. The lowest BCUT2D eigenvalue weighted by molar-refractivity contribution is 0.400. The molecule has 0 fully saturated rings. The maximum atomic E-state index is 9.03. The molecule has 0 radical (unpaired) electrons. The van der Waals surface area contributed by atoms with Crippen LogP contribution in [-0.2, 0) is 0 Å². The molecule has 76 valence electrons. The van der Waals surface area contributed by atoms with Gasteiger partial charge in [-0.3, -0.25) is 0 Å². The molecule has 0 amide bonds. The molecule has 0 aromatic rings. The SMILES string of the molecule is C=C(C)/C=C/C(C(=C)C)C(C)(C)C#N. The van der Waals surface area contributed by atoms with E-state index >= 15 is 0 Å². The summed E-state index contributed by atoms with van der Waals surface area (Å²) in [6.07, 6.45) is 3.95. The van der Waals surface area contributed by atoms with E-state index in [9.17, 15) is 0 Å². The van der Waals surface area contributed by atoms with Gasteiger partial charge in [-0.05, 0) is 27.7 Å². The maximum absolute atomic E-state index is 9.03. The van der Waals surface area contributed by atoms with Gasteiger partial charge < -0.3 is 0 Å². The molecule has 0 aliphatic rings. The van der Waals surface area contributed by atoms with Gasteiger partial charge in [-0.25, -0.2) is 0 Å². The Kier molecular flexibility index (Phi) is 4.37. The molecule has 0 heterocycles. The molecular formula is C13H19N. The predicted molar refractivity (Wildman–Crippen MR) is 61.7 cm³/mol. The molecule has 0 bridgehead atoms. The fraction of sp³-hybridized carbons (Fsp3) is 0.462. The Balaban J connectivity index is 4.90. The summed E-state index contributed by atoms with van der Waals surface area (Å²) in [5, 5.41) is 9.03. The lowest BCUT2D eigenvalue weighted by atomic mass is 9.76. The first-order valence-electron chi connectivity index (χ1n) is 4.71. The second-order valence-electron chi connectivity index (χ2n) is 4.36. The van der Waals surface area contributed by atoms with Gasteiger partial charge >= 0.3 is 0 Å². The highest BCUT2D eigenvalue weighted by Crippen LogP contribution is 2.32. The first-order chi connectivity index (χ1) is 6.31. The molecule has 0 aliphatic heterocycles. The summed E-state index contributed by atoms with van der Waals surface area (Å²) >= 11 is 0. The van der Waals surface area contributed by atoms with Gasteiger partial charge in [0.25, 0.3) is 0 Å². The van der Waals surface area contributed by atoms with Crippen molar-refractivity contribution in [2.45, 2.75) is 27.7 Å². The number of allylic oxidation sites excluding steroid dienone is 4. The summed E-state index contributed by atoms with van der Waals surface area (Å²) in [5.41, 5.74) is 1.59. The summed E-state index contributed by atoms with van der Waals surface area (Å²) in [5.74, 6) is 0.0872. The molecule has 1 heteroatoms. The molecule has 1 nitrogen and oxygen atoms in total. The number of rotatable bonds is 4. The Morgan fingerprint density at radius 1 is 1.36 bits per heavy atom. The van der Waals surface area contributed by atoms with Crippen LogP contribution in [0.2, 0.25) is 0 Å². The molecule has 0 aromatic heterocycles. The van der Waals surface area contributed by atoms with Crippen LogP contribution in [0.15, 0.2) is 36.5 Å². The maximum Gasteiger partial charge on any atom is 0.0693 e. The molecule has 0 aliphatic carbocycles. The zero-order valence-electron chi connectivity index (χ0n) is 9.59. The highest BCUT2D eigenvalue weighted by Gasteiger charge is 2.27. The molecule has 0 rings (SSSR count). The van der Waals surface area contributed by atoms with Gasteiger partial charge in [0, 0.05) is 5.92 Å². The second-order valence-corrected chi connectivity index (χ2v) is 4.36. The van der Waals surface area contributed by atoms with E-state index < -0.39 is 5.41 Å². The minimum Gasteiger partial charge on any atom is -0.198 e. The van der Waals surface area contributed by atoms with Crippen molar-refractivity contribution in [3.8, 4) is 6.07 Å². The highest BCUT2D eigenvalue weighted by molar-refractivity contribution is 5.22. The fourth-order valence-corrected chi connectivity index (χ4v) is 1.35. The first-order valence-corrected chi connectivity index (χ1v) is 4.71. The highest BCUT2D eigenvalue weighted by atomic mass is 14.4. The summed E-state index contributed by atoms with van der Waals surface area (Å²) in [6, 6.07) is 2.30. The van der Waals surface area contributed by atoms with E-state index in [4.69, 9.17) is 5.26 Å². The fourth-order valence-electron chi connectivity index (χ4n) is 1.35. The quantitative estimate of drug-likeness (QED) is 0.486. The van der Waals surface area contributed by atoms with Gasteiger partial charge in [0.15, 0.2) is 0 Å². The molecular weight excluding hydrogens is 170 g/mol.